The topological polar surface area (TPSA) is 76.8 Å². The molecule has 0 radical (unpaired) electrons. The first-order chi connectivity index (χ1) is 9.56. The fourth-order valence-electron chi connectivity index (χ4n) is 1.70. The summed E-state index contributed by atoms with van der Waals surface area (Å²) in [7, 11) is 0. The zero-order valence-electron chi connectivity index (χ0n) is 11.0. The SMILES string of the molecule is Cc1ccc(-c2ccc(C=NN=C(N)N)cc2)cc1F. The van der Waals surface area contributed by atoms with Crippen LogP contribution in [0.3, 0.4) is 0 Å². The normalized spacial score (nSPS) is 10.7. The van der Waals surface area contributed by atoms with Crippen molar-refractivity contribution in [2.75, 3.05) is 0 Å². The second-order valence-electron chi connectivity index (χ2n) is 4.36. The van der Waals surface area contributed by atoms with Gasteiger partial charge in [0, 0.05) is 0 Å². The van der Waals surface area contributed by atoms with E-state index < -0.39 is 0 Å². The van der Waals surface area contributed by atoms with Crippen molar-refractivity contribution in [3.05, 3.63) is 59.4 Å². The summed E-state index contributed by atoms with van der Waals surface area (Å²) in [4.78, 5) is 0. The van der Waals surface area contributed by atoms with Crippen molar-refractivity contribution in [2.45, 2.75) is 6.92 Å². The number of hydrogen-bond acceptors (Lipinski definition) is 2. The molecule has 102 valence electrons. The minimum Gasteiger partial charge on any atom is -0.369 e. The van der Waals surface area contributed by atoms with Crippen molar-refractivity contribution in [3.63, 3.8) is 0 Å². The van der Waals surface area contributed by atoms with Crippen molar-refractivity contribution < 1.29 is 4.39 Å². The third-order valence-electron chi connectivity index (χ3n) is 2.80. The average molecular weight is 270 g/mol. The second kappa shape index (κ2) is 5.97. The van der Waals surface area contributed by atoms with Crippen LogP contribution < -0.4 is 11.5 Å². The summed E-state index contributed by atoms with van der Waals surface area (Å²) < 4.78 is 13.5. The molecule has 0 amide bonds. The smallest absolute Gasteiger partial charge is 0.211 e. The molecule has 2 aromatic carbocycles. The van der Waals surface area contributed by atoms with E-state index in [0.29, 0.717) is 5.56 Å². The molecule has 0 aliphatic heterocycles. The van der Waals surface area contributed by atoms with E-state index in [-0.39, 0.29) is 11.8 Å². The summed E-state index contributed by atoms with van der Waals surface area (Å²) in [6, 6.07) is 12.7. The quantitative estimate of drug-likeness (QED) is 0.510. The molecule has 0 spiro atoms. The van der Waals surface area contributed by atoms with Gasteiger partial charge in [0.05, 0.1) is 6.21 Å². The molecule has 0 aromatic heterocycles. The molecule has 0 atom stereocenters. The minimum atomic E-state index is -0.208. The lowest BCUT2D eigenvalue weighted by molar-refractivity contribution is 0.619. The molecule has 20 heavy (non-hydrogen) atoms. The summed E-state index contributed by atoms with van der Waals surface area (Å²) in [6.07, 6.45) is 1.54. The lowest BCUT2D eigenvalue weighted by atomic mass is 10.0. The molecule has 0 heterocycles. The number of nitrogens with two attached hydrogens (primary N) is 2. The van der Waals surface area contributed by atoms with Crippen molar-refractivity contribution >= 4 is 12.2 Å². The molecule has 0 aliphatic carbocycles. The van der Waals surface area contributed by atoms with E-state index in [9.17, 15) is 4.39 Å². The molecule has 4 N–H and O–H groups in total. The molecular weight excluding hydrogens is 255 g/mol. The van der Waals surface area contributed by atoms with Gasteiger partial charge in [-0.3, -0.25) is 0 Å². The van der Waals surface area contributed by atoms with Crippen molar-refractivity contribution in [3.8, 4) is 11.1 Å². The van der Waals surface area contributed by atoms with Crippen LogP contribution in [0.2, 0.25) is 0 Å². The van der Waals surface area contributed by atoms with Crippen LogP contribution in [0.15, 0.2) is 52.7 Å². The number of aryl methyl sites for hydroxylation is 1. The van der Waals surface area contributed by atoms with Gasteiger partial charge in [0.15, 0.2) is 0 Å². The number of hydrogen-bond donors (Lipinski definition) is 2. The molecule has 0 fully saturated rings. The number of halogens is 1. The van der Waals surface area contributed by atoms with Gasteiger partial charge in [-0.2, -0.15) is 5.10 Å². The van der Waals surface area contributed by atoms with Crippen molar-refractivity contribution in [2.24, 2.45) is 21.7 Å². The van der Waals surface area contributed by atoms with Gasteiger partial charge < -0.3 is 11.5 Å². The lowest BCUT2D eigenvalue weighted by Crippen LogP contribution is -2.21. The molecule has 0 bridgehead atoms. The maximum Gasteiger partial charge on any atom is 0.211 e. The van der Waals surface area contributed by atoms with Crippen LogP contribution in [-0.4, -0.2) is 12.2 Å². The van der Waals surface area contributed by atoms with Crippen LogP contribution in [-0.2, 0) is 0 Å². The predicted octanol–water partition coefficient (Wildman–Crippen LogP) is 2.41. The molecule has 2 rings (SSSR count). The first-order valence-electron chi connectivity index (χ1n) is 6.05. The van der Waals surface area contributed by atoms with Crippen molar-refractivity contribution in [1.82, 2.24) is 0 Å². The Morgan fingerprint density at radius 2 is 1.70 bits per heavy atom. The highest BCUT2D eigenvalue weighted by Gasteiger charge is 2.01. The fourth-order valence-corrected chi connectivity index (χ4v) is 1.70. The van der Waals surface area contributed by atoms with E-state index in [0.717, 1.165) is 16.7 Å². The number of guanidine groups is 1. The first-order valence-corrected chi connectivity index (χ1v) is 6.05. The summed E-state index contributed by atoms with van der Waals surface area (Å²) in [5.41, 5.74) is 13.6. The fraction of sp³-hybridized carbons (Fsp3) is 0.0667. The number of nitrogens with zero attached hydrogens (tertiary/aromatic N) is 2. The molecule has 0 saturated carbocycles. The Hall–Kier alpha value is -2.69. The maximum absolute atomic E-state index is 13.5. The van der Waals surface area contributed by atoms with E-state index in [1.165, 1.54) is 6.07 Å². The van der Waals surface area contributed by atoms with Gasteiger partial charge in [-0.25, -0.2) is 4.39 Å². The van der Waals surface area contributed by atoms with Crippen LogP contribution in [0.25, 0.3) is 11.1 Å². The van der Waals surface area contributed by atoms with E-state index in [1.54, 1.807) is 19.2 Å². The Bertz CT molecular complexity index is 656. The molecule has 2 aromatic rings. The van der Waals surface area contributed by atoms with Crippen molar-refractivity contribution in [1.29, 1.82) is 0 Å². The minimum absolute atomic E-state index is 0.0898. The first kappa shape index (κ1) is 13.7. The van der Waals surface area contributed by atoms with E-state index in [2.05, 4.69) is 10.2 Å². The summed E-state index contributed by atoms with van der Waals surface area (Å²) in [5, 5.41) is 7.24. The van der Waals surface area contributed by atoms with Crippen LogP contribution in [0.5, 0.6) is 0 Å². The lowest BCUT2D eigenvalue weighted by Gasteiger charge is -2.04. The van der Waals surface area contributed by atoms with Gasteiger partial charge in [0.1, 0.15) is 5.82 Å². The standard InChI is InChI=1S/C15H15FN4/c1-10-2-5-13(8-14(10)16)12-6-3-11(4-7-12)9-19-20-15(17)18/h2-9H,1H3,(H4,17,18,20). The molecule has 4 nitrogen and oxygen atoms in total. The summed E-state index contributed by atoms with van der Waals surface area (Å²) in [6.45, 7) is 1.74. The third kappa shape index (κ3) is 3.41. The Morgan fingerprint density at radius 3 is 2.30 bits per heavy atom. The van der Waals surface area contributed by atoms with Gasteiger partial charge in [-0.05, 0) is 35.2 Å². The summed E-state index contributed by atoms with van der Waals surface area (Å²) in [5.74, 6) is -0.297. The third-order valence-corrected chi connectivity index (χ3v) is 2.80. The largest absolute Gasteiger partial charge is 0.369 e. The molecule has 0 unspecified atom stereocenters. The Morgan fingerprint density at radius 1 is 1.05 bits per heavy atom. The highest BCUT2D eigenvalue weighted by Crippen LogP contribution is 2.21. The second-order valence-corrected chi connectivity index (χ2v) is 4.36. The van der Waals surface area contributed by atoms with Gasteiger partial charge in [-0.1, -0.05) is 36.4 Å². The van der Waals surface area contributed by atoms with E-state index >= 15 is 0 Å². The van der Waals surface area contributed by atoms with Gasteiger partial charge in [0.2, 0.25) is 5.96 Å². The van der Waals surface area contributed by atoms with Crippen LogP contribution in [0.1, 0.15) is 11.1 Å². The maximum atomic E-state index is 13.5. The molecule has 0 aliphatic rings. The van der Waals surface area contributed by atoms with E-state index in [1.807, 2.05) is 30.3 Å². The zero-order valence-corrected chi connectivity index (χ0v) is 11.0. The van der Waals surface area contributed by atoms with Gasteiger partial charge in [-0.15, -0.1) is 5.10 Å². The highest BCUT2D eigenvalue weighted by atomic mass is 19.1. The van der Waals surface area contributed by atoms with E-state index in [4.69, 9.17) is 11.5 Å². The summed E-state index contributed by atoms with van der Waals surface area (Å²) >= 11 is 0. The van der Waals surface area contributed by atoms with Gasteiger partial charge in [0.25, 0.3) is 0 Å². The van der Waals surface area contributed by atoms with Crippen LogP contribution in [0, 0.1) is 12.7 Å². The molecule has 0 saturated heterocycles. The highest BCUT2D eigenvalue weighted by molar-refractivity contribution is 5.82. The Kier molecular flexibility index (Phi) is 4.10. The predicted molar refractivity (Wildman–Crippen MR) is 80.0 cm³/mol. The monoisotopic (exact) mass is 270 g/mol. The van der Waals surface area contributed by atoms with Crippen LogP contribution >= 0.6 is 0 Å². The molecular formula is C15H15FN4. The zero-order chi connectivity index (χ0) is 14.5. The van der Waals surface area contributed by atoms with Crippen LogP contribution in [0.4, 0.5) is 4.39 Å². The Labute approximate surface area is 116 Å². The Balaban J connectivity index is 2.21. The number of rotatable bonds is 3. The average Bonchev–Trinajstić information content (AvgIpc) is 2.42. The van der Waals surface area contributed by atoms with Gasteiger partial charge >= 0.3 is 0 Å². The number of benzene rings is 2. The molecule has 5 heteroatoms.